The first kappa shape index (κ1) is 21.6. The number of carbonyl (C=O) groups excluding carboxylic acids is 1. The molecular formula is C17H18FN3O6S2. The fourth-order valence-electron chi connectivity index (χ4n) is 2.73. The van der Waals surface area contributed by atoms with Crippen molar-refractivity contribution in [2.45, 2.75) is 30.6 Å². The van der Waals surface area contributed by atoms with E-state index in [1.165, 1.54) is 10.8 Å². The fraction of sp³-hybridized carbons (Fsp3) is 0.353. The summed E-state index contributed by atoms with van der Waals surface area (Å²) in [5, 5.41) is 18.2. The zero-order valence-electron chi connectivity index (χ0n) is 14.9. The molecule has 2 aromatic rings. The van der Waals surface area contributed by atoms with Crippen molar-refractivity contribution in [3.05, 3.63) is 68.7 Å². The van der Waals surface area contributed by atoms with Crippen molar-refractivity contribution in [1.29, 1.82) is 0 Å². The van der Waals surface area contributed by atoms with E-state index in [-0.39, 0.29) is 11.1 Å². The molecule has 0 aliphatic carbocycles. The Hall–Kier alpha value is -2.12. The lowest BCUT2D eigenvalue weighted by molar-refractivity contribution is -0.0465. The Morgan fingerprint density at radius 3 is 2.69 bits per heavy atom. The van der Waals surface area contributed by atoms with E-state index in [0.717, 1.165) is 20.9 Å². The zero-order valence-corrected chi connectivity index (χ0v) is 16.6. The zero-order chi connectivity index (χ0) is 21.0. The van der Waals surface area contributed by atoms with Gasteiger partial charge in [-0.1, -0.05) is 41.1 Å². The average Bonchev–Trinajstić information content (AvgIpc) is 3.09. The molecule has 0 bridgehead atoms. The van der Waals surface area contributed by atoms with Crippen LogP contribution in [0.2, 0.25) is 0 Å². The number of aromatic nitrogens is 2. The summed E-state index contributed by atoms with van der Waals surface area (Å²) < 4.78 is 20.4. The number of rotatable bonds is 6. The van der Waals surface area contributed by atoms with Gasteiger partial charge in [0.25, 0.3) is 0 Å². The number of benzene rings is 1. The number of nitrogens with one attached hydrogen (secondary N) is 1. The van der Waals surface area contributed by atoms with Crippen LogP contribution < -0.4 is 16.7 Å². The highest BCUT2D eigenvalue weighted by Crippen LogP contribution is 2.28. The summed E-state index contributed by atoms with van der Waals surface area (Å²) in [6.07, 6.45) is -2.51. The molecule has 9 nitrogen and oxygen atoms in total. The third-order valence-corrected chi connectivity index (χ3v) is 6.15. The minimum Gasteiger partial charge on any atom is -0.394 e. The molecule has 1 amide bonds. The molecule has 1 aromatic heterocycles. The maximum Gasteiger partial charge on any atom is 0.352 e. The minimum absolute atomic E-state index is 0.0849. The lowest BCUT2D eigenvalue weighted by atomic mass is 10.2. The fourth-order valence-corrected chi connectivity index (χ4v) is 4.37. The molecule has 1 aliphatic rings. The van der Waals surface area contributed by atoms with Crippen molar-refractivity contribution in [3.63, 3.8) is 0 Å². The van der Waals surface area contributed by atoms with Crippen LogP contribution in [0.15, 0.2) is 46.1 Å². The Kier molecular flexibility index (Phi) is 7.14. The van der Waals surface area contributed by atoms with Gasteiger partial charge < -0.3 is 14.9 Å². The molecule has 2 heterocycles. The van der Waals surface area contributed by atoms with Crippen molar-refractivity contribution in [2.75, 3.05) is 12.0 Å². The highest BCUT2D eigenvalue weighted by molar-refractivity contribution is 8.82. The van der Waals surface area contributed by atoms with Crippen molar-refractivity contribution >= 4 is 26.8 Å². The molecule has 1 aliphatic heterocycles. The normalized spacial score (nSPS) is 21.3. The van der Waals surface area contributed by atoms with Gasteiger partial charge in [0.15, 0.2) is 0 Å². The molecular weight excluding hydrogens is 425 g/mol. The Balaban J connectivity index is 1.72. The van der Waals surface area contributed by atoms with Gasteiger partial charge in [-0.25, -0.2) is 10.2 Å². The summed E-state index contributed by atoms with van der Waals surface area (Å²) >= 11 is 0. The van der Waals surface area contributed by atoms with Crippen molar-refractivity contribution in [1.82, 2.24) is 9.24 Å². The predicted molar refractivity (Wildman–Crippen MR) is 107 cm³/mol. The van der Waals surface area contributed by atoms with Crippen LogP contribution in [0.5, 0.6) is 0 Å². The summed E-state index contributed by atoms with van der Waals surface area (Å²) in [4.78, 5) is 36.6. The van der Waals surface area contributed by atoms with Crippen LogP contribution in [0.25, 0.3) is 0 Å². The van der Waals surface area contributed by atoms with Gasteiger partial charge in [-0.15, -0.1) is 0 Å². The molecule has 0 spiro atoms. The number of hydrogen-bond acceptors (Lipinski definition) is 8. The minimum atomic E-state index is -1.31. The monoisotopic (exact) mass is 443 g/mol. The van der Waals surface area contributed by atoms with Gasteiger partial charge in [0.05, 0.1) is 18.9 Å². The van der Waals surface area contributed by atoms with Gasteiger partial charge in [0.2, 0.25) is 5.82 Å². The largest absolute Gasteiger partial charge is 0.394 e. The highest BCUT2D eigenvalue weighted by Gasteiger charge is 2.35. The number of aliphatic hydroxyl groups is 2. The van der Waals surface area contributed by atoms with E-state index in [9.17, 15) is 23.9 Å². The quantitative estimate of drug-likeness (QED) is 0.566. The first-order valence-corrected chi connectivity index (χ1v) is 10.8. The van der Waals surface area contributed by atoms with E-state index in [4.69, 9.17) is 9.84 Å². The Labute approximate surface area is 171 Å². The Morgan fingerprint density at radius 2 is 2.03 bits per heavy atom. The molecule has 156 valence electrons. The van der Waals surface area contributed by atoms with E-state index >= 15 is 0 Å². The number of nitrogens with zero attached hydrogens (tertiary/aromatic N) is 2. The summed E-state index contributed by atoms with van der Waals surface area (Å²) in [7, 11) is 1.95. The van der Waals surface area contributed by atoms with E-state index < -0.39 is 47.3 Å². The Bertz CT molecular complexity index is 983. The van der Waals surface area contributed by atoms with E-state index in [1.54, 1.807) is 0 Å². The van der Waals surface area contributed by atoms with Crippen molar-refractivity contribution < 1.29 is 24.1 Å². The summed E-state index contributed by atoms with van der Waals surface area (Å²) in [6.45, 7) is -0.486. The van der Waals surface area contributed by atoms with Crippen LogP contribution in [0.4, 0.5) is 9.18 Å². The molecule has 1 fully saturated rings. The van der Waals surface area contributed by atoms with Gasteiger partial charge >= 0.3 is 16.5 Å². The maximum atomic E-state index is 14.0. The van der Waals surface area contributed by atoms with E-state index in [2.05, 4.69) is 5.43 Å². The average molecular weight is 443 g/mol. The maximum absolute atomic E-state index is 14.0. The lowest BCUT2D eigenvalue weighted by Gasteiger charge is -2.16. The Morgan fingerprint density at radius 1 is 1.31 bits per heavy atom. The molecule has 0 radical (unpaired) electrons. The predicted octanol–water partition coefficient (Wildman–Crippen LogP) is 1.03. The molecule has 3 N–H and O–H groups in total. The van der Waals surface area contributed by atoms with Crippen LogP contribution in [0, 0.1) is 5.82 Å². The van der Waals surface area contributed by atoms with Crippen LogP contribution in [0.3, 0.4) is 0 Å². The molecule has 1 aromatic carbocycles. The molecule has 29 heavy (non-hydrogen) atoms. The number of carbonyl (C=O) groups is 1. The number of amides is 1. The third-order valence-electron chi connectivity index (χ3n) is 4.17. The van der Waals surface area contributed by atoms with Crippen molar-refractivity contribution in [2.24, 2.45) is 0 Å². The molecule has 3 rings (SSSR count). The second-order valence-corrected chi connectivity index (χ2v) is 8.42. The molecule has 12 heteroatoms. The SMILES string of the molecule is O=C(Nn1c(=O)c(F)cn([C@H]2C[C@H](O)[C@@H](CO)O2)c1=O)SSCc1ccccc1. The smallest absolute Gasteiger partial charge is 0.352 e. The van der Waals surface area contributed by atoms with Gasteiger partial charge in [-0.05, 0) is 5.56 Å². The van der Waals surface area contributed by atoms with Gasteiger partial charge in [-0.2, -0.15) is 9.07 Å². The lowest BCUT2D eigenvalue weighted by Crippen LogP contribution is -2.47. The number of ether oxygens (including phenoxy) is 1. The second kappa shape index (κ2) is 9.59. The number of aliphatic hydroxyl groups excluding tert-OH is 2. The molecule has 3 atom stereocenters. The van der Waals surface area contributed by atoms with Crippen LogP contribution in [-0.2, 0) is 10.5 Å². The van der Waals surface area contributed by atoms with Crippen LogP contribution >= 0.6 is 21.6 Å². The first-order chi connectivity index (χ1) is 13.9. The topological polar surface area (TPSA) is 123 Å². The standard InChI is InChI=1S/C17H18FN3O6S2/c18-11-7-20(14-6-12(23)13(8-22)27-14)17(26)21(15(11)24)19-16(25)29-28-9-10-4-2-1-3-5-10/h1-5,7,12-14,22-23H,6,8-9H2,(H,19,25)/t12-,13+,14+/m0/s1. The number of halogens is 1. The van der Waals surface area contributed by atoms with Crippen molar-refractivity contribution in [3.8, 4) is 0 Å². The summed E-state index contributed by atoms with van der Waals surface area (Å²) in [6, 6.07) is 9.36. The van der Waals surface area contributed by atoms with Gasteiger partial charge in [0, 0.05) is 23.0 Å². The third kappa shape index (κ3) is 5.08. The highest BCUT2D eigenvalue weighted by atomic mass is 33.1. The summed E-state index contributed by atoms with van der Waals surface area (Å²) in [5.41, 5.74) is 0.710. The van der Waals surface area contributed by atoms with Crippen LogP contribution in [0.1, 0.15) is 18.2 Å². The molecule has 0 unspecified atom stereocenters. The first-order valence-electron chi connectivity index (χ1n) is 8.53. The second-order valence-electron chi connectivity index (χ2n) is 6.15. The van der Waals surface area contributed by atoms with Gasteiger partial charge in [0.1, 0.15) is 12.3 Å². The summed E-state index contributed by atoms with van der Waals surface area (Å²) in [5.74, 6) is -0.769. The van der Waals surface area contributed by atoms with E-state index in [0.29, 0.717) is 11.9 Å². The van der Waals surface area contributed by atoms with Crippen LogP contribution in [-0.4, -0.2) is 43.5 Å². The number of hydrogen-bond donors (Lipinski definition) is 3. The van der Waals surface area contributed by atoms with Gasteiger partial charge in [-0.3, -0.25) is 14.2 Å². The van der Waals surface area contributed by atoms with E-state index in [1.807, 2.05) is 30.3 Å². The molecule has 1 saturated heterocycles. The molecule has 0 saturated carbocycles.